The van der Waals surface area contributed by atoms with Crippen LogP contribution in [0.5, 0.6) is 0 Å². The van der Waals surface area contributed by atoms with Crippen LogP contribution in [0.15, 0.2) is 61.3 Å². The Bertz CT molecular complexity index is 1430. The lowest BCUT2D eigenvalue weighted by Gasteiger charge is -2.59. The maximum atomic E-state index is 7.15. The smallest absolute Gasteiger partial charge is 0.112 e. The van der Waals surface area contributed by atoms with E-state index in [-0.39, 0.29) is 23.0 Å². The average Bonchev–Trinajstić information content (AvgIpc) is 3.62. The van der Waals surface area contributed by atoms with E-state index in [0.29, 0.717) is 12.0 Å². The van der Waals surface area contributed by atoms with Crippen LogP contribution < -0.4 is 5.32 Å². The van der Waals surface area contributed by atoms with Crippen LogP contribution in [0.3, 0.4) is 0 Å². The van der Waals surface area contributed by atoms with Crippen molar-refractivity contribution in [3.8, 4) is 0 Å². The van der Waals surface area contributed by atoms with Crippen molar-refractivity contribution in [2.24, 2.45) is 11.3 Å². The highest BCUT2D eigenvalue weighted by Crippen LogP contribution is 2.67. The summed E-state index contributed by atoms with van der Waals surface area (Å²) < 4.78 is 7.15. The van der Waals surface area contributed by atoms with E-state index in [1.807, 2.05) is 0 Å². The molecule has 42 heavy (non-hydrogen) atoms. The van der Waals surface area contributed by atoms with Crippen LogP contribution in [0, 0.1) is 11.3 Å². The Balaban J connectivity index is 1.37. The molecule has 1 aromatic carbocycles. The second kappa shape index (κ2) is 11.9. The minimum Gasteiger partial charge on any atom is -0.364 e. The third kappa shape index (κ3) is 4.76. The number of allylic oxidation sites excluding steroid dienone is 3. The molecule has 2 N–H and O–H groups in total. The van der Waals surface area contributed by atoms with Gasteiger partial charge in [-0.15, -0.1) is 6.58 Å². The molecule has 7 rings (SSSR count). The first-order valence-electron chi connectivity index (χ1n) is 17.0. The van der Waals surface area contributed by atoms with Gasteiger partial charge in [0, 0.05) is 46.4 Å². The van der Waals surface area contributed by atoms with Crippen molar-refractivity contribution < 1.29 is 4.74 Å². The van der Waals surface area contributed by atoms with E-state index in [1.165, 1.54) is 92.0 Å². The summed E-state index contributed by atoms with van der Waals surface area (Å²) in [6.07, 6.45) is 22.5. The SMILES string of the molecule is C=CCC[C@]12OC1[C@@H](c1nccc3c1[nH]c1ccccc13)[C@@H]1CCN(CCCCC)C[C@@]13CC/C=C\CCCCN[C@H]32. The number of hydrogen-bond acceptors (Lipinski definition) is 4. The van der Waals surface area contributed by atoms with Crippen molar-refractivity contribution >= 4 is 21.8 Å². The van der Waals surface area contributed by atoms with E-state index >= 15 is 0 Å². The molecule has 1 unspecified atom stereocenters. The second-order valence-corrected chi connectivity index (χ2v) is 13.6. The number of nitrogens with one attached hydrogen (secondary N) is 2. The second-order valence-electron chi connectivity index (χ2n) is 13.6. The van der Waals surface area contributed by atoms with Crippen LogP contribution in [0.1, 0.15) is 89.2 Å². The number of nitrogens with zero attached hydrogens (tertiary/aromatic N) is 2. The predicted molar refractivity (Wildman–Crippen MR) is 174 cm³/mol. The first kappa shape index (κ1) is 28.3. The molecule has 3 fully saturated rings. The summed E-state index contributed by atoms with van der Waals surface area (Å²) in [7, 11) is 0. The summed E-state index contributed by atoms with van der Waals surface area (Å²) in [4.78, 5) is 11.9. The van der Waals surface area contributed by atoms with Crippen LogP contribution in [0.2, 0.25) is 0 Å². The molecule has 0 amide bonds. The lowest BCUT2D eigenvalue weighted by Crippen LogP contribution is -2.68. The van der Waals surface area contributed by atoms with Crippen LogP contribution in [-0.2, 0) is 4.74 Å². The van der Waals surface area contributed by atoms with Gasteiger partial charge in [0.25, 0.3) is 0 Å². The van der Waals surface area contributed by atoms with E-state index < -0.39 is 0 Å². The Labute approximate surface area is 252 Å². The Morgan fingerprint density at radius 3 is 2.93 bits per heavy atom. The number of ether oxygens (including phenoxy) is 1. The van der Waals surface area contributed by atoms with E-state index in [4.69, 9.17) is 9.72 Å². The zero-order chi connectivity index (χ0) is 28.6. The van der Waals surface area contributed by atoms with E-state index in [0.717, 1.165) is 32.4 Å². The topological polar surface area (TPSA) is 56.5 Å². The lowest BCUT2D eigenvalue weighted by atomic mass is 9.50. The molecule has 6 atom stereocenters. The average molecular weight is 567 g/mol. The van der Waals surface area contributed by atoms with Gasteiger partial charge in [0.05, 0.1) is 17.3 Å². The van der Waals surface area contributed by atoms with Gasteiger partial charge in [0.2, 0.25) is 0 Å². The number of rotatable bonds is 8. The van der Waals surface area contributed by atoms with Gasteiger partial charge in [-0.05, 0) is 95.5 Å². The quantitative estimate of drug-likeness (QED) is 0.165. The largest absolute Gasteiger partial charge is 0.364 e. The highest BCUT2D eigenvalue weighted by atomic mass is 16.6. The van der Waals surface area contributed by atoms with Gasteiger partial charge in [0.1, 0.15) is 5.60 Å². The number of likely N-dealkylation sites (tertiary alicyclic amines) is 1. The highest BCUT2D eigenvalue weighted by molar-refractivity contribution is 6.07. The molecule has 5 heteroatoms. The van der Waals surface area contributed by atoms with Gasteiger partial charge >= 0.3 is 0 Å². The third-order valence-electron chi connectivity index (χ3n) is 11.3. The number of benzene rings is 1. The number of para-hydroxylation sites is 1. The molecule has 4 aliphatic rings. The molecule has 5 heterocycles. The van der Waals surface area contributed by atoms with Gasteiger partial charge in [-0.2, -0.15) is 0 Å². The standard InChI is InChI=1S/C37H50N4O/c1-3-5-15-24-41-25-19-29-31(33-32-28(18-23-38-33)27-16-11-12-17-30(27)40-32)34-37(42-34,21-6-4-2)35-36(29,26-41)20-13-9-7-8-10-14-22-39-35/h4,7,9,11-12,16-18,23,29,31,34-35,39-40H,2-3,5-6,8,10,13-15,19-22,24-26H2,1H3/b9-7-/t29-,31+,34?,35+,36-,37-/m0/s1. The van der Waals surface area contributed by atoms with E-state index in [2.05, 4.69) is 83.5 Å². The molecule has 224 valence electrons. The van der Waals surface area contributed by atoms with Crippen LogP contribution in [0.4, 0.5) is 0 Å². The first-order chi connectivity index (χ1) is 20.7. The summed E-state index contributed by atoms with van der Waals surface area (Å²) in [5, 5.41) is 6.82. The number of fused-ring (bicyclic) bond motifs is 5. The normalized spacial score (nSPS) is 34.2. The van der Waals surface area contributed by atoms with Crippen molar-refractivity contribution in [3.63, 3.8) is 0 Å². The number of H-pyrrole nitrogens is 1. The molecule has 1 aliphatic carbocycles. The van der Waals surface area contributed by atoms with Crippen LogP contribution >= 0.6 is 0 Å². The maximum Gasteiger partial charge on any atom is 0.112 e. The maximum absolute atomic E-state index is 7.15. The number of aromatic amines is 1. The molecular weight excluding hydrogens is 516 g/mol. The van der Waals surface area contributed by atoms with Crippen molar-refractivity contribution in [1.82, 2.24) is 20.2 Å². The van der Waals surface area contributed by atoms with Crippen LogP contribution in [0.25, 0.3) is 21.8 Å². The molecule has 2 saturated heterocycles. The van der Waals surface area contributed by atoms with E-state index in [9.17, 15) is 0 Å². The monoisotopic (exact) mass is 566 g/mol. The van der Waals surface area contributed by atoms with Gasteiger partial charge in [-0.1, -0.05) is 56.2 Å². The summed E-state index contributed by atoms with van der Waals surface area (Å²) in [5.74, 6) is 0.817. The molecule has 3 aliphatic heterocycles. The van der Waals surface area contributed by atoms with Gasteiger partial charge < -0.3 is 19.9 Å². The lowest BCUT2D eigenvalue weighted by molar-refractivity contribution is -0.0578. The number of piperidine rings is 1. The molecule has 1 saturated carbocycles. The minimum atomic E-state index is -0.157. The minimum absolute atomic E-state index is 0.133. The molecular formula is C37H50N4O. The zero-order valence-corrected chi connectivity index (χ0v) is 25.6. The Morgan fingerprint density at radius 2 is 2.02 bits per heavy atom. The predicted octanol–water partition coefficient (Wildman–Crippen LogP) is 7.89. The Kier molecular flexibility index (Phi) is 8.02. The number of unbranched alkanes of at least 4 members (excludes halogenated alkanes) is 2. The summed E-state index contributed by atoms with van der Waals surface area (Å²) >= 11 is 0. The summed E-state index contributed by atoms with van der Waals surface area (Å²) in [5.41, 5.74) is 3.64. The molecule has 5 nitrogen and oxygen atoms in total. The van der Waals surface area contributed by atoms with Crippen molar-refractivity contribution in [3.05, 3.63) is 67.0 Å². The fraction of sp³-hybridized carbons (Fsp3) is 0.595. The summed E-state index contributed by atoms with van der Waals surface area (Å²) in [6, 6.07) is 11.3. The fourth-order valence-electron chi connectivity index (χ4n) is 9.41. The van der Waals surface area contributed by atoms with Crippen molar-refractivity contribution in [1.29, 1.82) is 0 Å². The molecule has 0 radical (unpaired) electrons. The third-order valence-corrected chi connectivity index (χ3v) is 11.3. The fourth-order valence-corrected chi connectivity index (χ4v) is 9.41. The van der Waals surface area contributed by atoms with Gasteiger partial charge in [0.15, 0.2) is 0 Å². The van der Waals surface area contributed by atoms with E-state index in [1.54, 1.807) is 0 Å². The molecule has 3 aromatic rings. The molecule has 0 bridgehead atoms. The van der Waals surface area contributed by atoms with Gasteiger partial charge in [-0.25, -0.2) is 0 Å². The zero-order valence-electron chi connectivity index (χ0n) is 25.6. The summed E-state index contributed by atoms with van der Waals surface area (Å²) in [6.45, 7) is 11.1. The number of aromatic nitrogens is 2. The van der Waals surface area contributed by atoms with Gasteiger partial charge in [-0.3, -0.25) is 4.98 Å². The molecule has 1 spiro atoms. The number of hydrogen-bond donors (Lipinski definition) is 2. The number of epoxide rings is 1. The Hall–Kier alpha value is -2.47. The molecule has 2 aromatic heterocycles. The van der Waals surface area contributed by atoms with Crippen molar-refractivity contribution in [2.45, 2.75) is 101 Å². The Morgan fingerprint density at radius 1 is 1.12 bits per heavy atom. The van der Waals surface area contributed by atoms with Crippen LogP contribution in [-0.4, -0.2) is 58.8 Å². The number of pyridine rings is 1. The van der Waals surface area contributed by atoms with Crippen molar-refractivity contribution in [2.75, 3.05) is 26.2 Å². The first-order valence-corrected chi connectivity index (χ1v) is 17.0. The highest BCUT2D eigenvalue weighted by Gasteiger charge is 2.75.